The SMILES string of the molecule is CC(C)(C)OC(=O)N1CCN(C(N)=NCCCc2nc3c(s2)CCCC3)CC1.I. The molecule has 0 aromatic carbocycles. The zero-order valence-electron chi connectivity index (χ0n) is 17.8. The van der Waals surface area contributed by atoms with Crippen molar-refractivity contribution in [1.29, 1.82) is 0 Å². The van der Waals surface area contributed by atoms with Crippen LogP contribution in [0, 0.1) is 0 Å². The number of piperazine rings is 1. The van der Waals surface area contributed by atoms with Crippen LogP contribution in [0.4, 0.5) is 4.79 Å². The van der Waals surface area contributed by atoms with Crippen molar-refractivity contribution in [3.8, 4) is 0 Å². The Balaban J connectivity index is 0.00000300. The Labute approximate surface area is 195 Å². The standard InChI is InChI=1S/C20H33N5O2S.HI/c1-20(2,3)27-19(26)25-13-11-24(12-14-25)18(21)22-10-6-9-17-23-15-7-4-5-8-16(15)28-17;/h4-14H2,1-3H3,(H2,21,22);1H. The van der Waals surface area contributed by atoms with Gasteiger partial charge in [-0.3, -0.25) is 4.99 Å². The van der Waals surface area contributed by atoms with Gasteiger partial charge in [-0.1, -0.05) is 0 Å². The molecule has 0 spiro atoms. The first kappa shape index (κ1) is 24.2. The third kappa shape index (κ3) is 7.27. The van der Waals surface area contributed by atoms with Crippen molar-refractivity contribution < 1.29 is 9.53 Å². The molecular formula is C20H34IN5O2S. The molecule has 164 valence electrons. The van der Waals surface area contributed by atoms with Crippen LogP contribution in [-0.2, 0) is 24.0 Å². The summed E-state index contributed by atoms with van der Waals surface area (Å²) in [6.07, 6.45) is 6.61. The summed E-state index contributed by atoms with van der Waals surface area (Å²) in [4.78, 5) is 26.7. The van der Waals surface area contributed by atoms with Crippen LogP contribution in [0.3, 0.4) is 0 Å². The lowest BCUT2D eigenvalue weighted by Gasteiger charge is -2.36. The minimum absolute atomic E-state index is 0. The number of nitrogens with zero attached hydrogens (tertiary/aromatic N) is 4. The Morgan fingerprint density at radius 1 is 1.17 bits per heavy atom. The number of aromatic nitrogens is 1. The summed E-state index contributed by atoms with van der Waals surface area (Å²) >= 11 is 1.88. The lowest BCUT2D eigenvalue weighted by molar-refractivity contribution is 0.0186. The summed E-state index contributed by atoms with van der Waals surface area (Å²) in [5, 5.41) is 1.24. The van der Waals surface area contributed by atoms with Crippen LogP contribution in [0.25, 0.3) is 0 Å². The molecule has 2 heterocycles. The number of carbonyl (C=O) groups excluding carboxylic acids is 1. The number of aliphatic imine (C=N–C) groups is 1. The average Bonchev–Trinajstić information content (AvgIpc) is 3.06. The molecule has 0 bridgehead atoms. The van der Waals surface area contributed by atoms with E-state index in [1.165, 1.54) is 34.8 Å². The van der Waals surface area contributed by atoms with Gasteiger partial charge in [-0.15, -0.1) is 35.3 Å². The van der Waals surface area contributed by atoms with Gasteiger partial charge in [0.15, 0.2) is 5.96 Å². The minimum atomic E-state index is -0.467. The Morgan fingerprint density at radius 2 is 1.83 bits per heavy atom. The highest BCUT2D eigenvalue weighted by atomic mass is 127. The number of ether oxygens (including phenoxy) is 1. The second-order valence-electron chi connectivity index (χ2n) is 8.48. The van der Waals surface area contributed by atoms with E-state index >= 15 is 0 Å². The van der Waals surface area contributed by atoms with Crippen LogP contribution < -0.4 is 5.73 Å². The van der Waals surface area contributed by atoms with Crippen LogP contribution in [0.5, 0.6) is 0 Å². The van der Waals surface area contributed by atoms with E-state index in [4.69, 9.17) is 15.5 Å². The lowest BCUT2D eigenvalue weighted by atomic mass is 10.0. The smallest absolute Gasteiger partial charge is 0.410 e. The predicted octanol–water partition coefficient (Wildman–Crippen LogP) is 3.44. The molecular weight excluding hydrogens is 501 g/mol. The maximum atomic E-state index is 12.1. The van der Waals surface area contributed by atoms with Gasteiger partial charge in [0.1, 0.15) is 5.60 Å². The molecule has 9 heteroatoms. The van der Waals surface area contributed by atoms with Crippen molar-refractivity contribution in [2.45, 2.75) is 64.9 Å². The monoisotopic (exact) mass is 535 g/mol. The summed E-state index contributed by atoms with van der Waals surface area (Å²) in [6, 6.07) is 0. The van der Waals surface area contributed by atoms with Crippen molar-refractivity contribution in [2.24, 2.45) is 10.7 Å². The third-order valence-corrected chi connectivity index (χ3v) is 6.19. The largest absolute Gasteiger partial charge is 0.444 e. The second kappa shape index (κ2) is 10.8. The number of fused-ring (bicyclic) bond motifs is 1. The zero-order valence-corrected chi connectivity index (χ0v) is 20.9. The minimum Gasteiger partial charge on any atom is -0.444 e. The molecule has 1 saturated heterocycles. The first-order chi connectivity index (χ1) is 13.3. The Kier molecular flexibility index (Phi) is 8.99. The number of hydrogen-bond donors (Lipinski definition) is 1. The molecule has 1 fully saturated rings. The van der Waals surface area contributed by atoms with Gasteiger partial charge in [0, 0.05) is 44.0 Å². The first-order valence-corrected chi connectivity index (χ1v) is 11.1. The van der Waals surface area contributed by atoms with E-state index in [9.17, 15) is 4.79 Å². The molecule has 0 radical (unpaired) electrons. The fraction of sp³-hybridized carbons (Fsp3) is 0.750. The maximum absolute atomic E-state index is 12.1. The van der Waals surface area contributed by atoms with Gasteiger partial charge in [0.05, 0.1) is 10.7 Å². The molecule has 1 aromatic heterocycles. The van der Waals surface area contributed by atoms with E-state index in [2.05, 4.69) is 4.99 Å². The number of halogens is 1. The Bertz CT molecular complexity index is 685. The van der Waals surface area contributed by atoms with Gasteiger partial charge in [-0.2, -0.15) is 0 Å². The number of amides is 1. The van der Waals surface area contributed by atoms with E-state index in [1.54, 1.807) is 4.90 Å². The highest BCUT2D eigenvalue weighted by molar-refractivity contribution is 14.0. The third-order valence-electron chi connectivity index (χ3n) is 4.97. The summed E-state index contributed by atoms with van der Waals surface area (Å²) in [5.41, 5.74) is 7.02. The Morgan fingerprint density at radius 3 is 2.48 bits per heavy atom. The number of nitrogens with two attached hydrogens (primary N) is 1. The summed E-state index contributed by atoms with van der Waals surface area (Å²) in [7, 11) is 0. The number of rotatable bonds is 4. The predicted molar refractivity (Wildman–Crippen MR) is 128 cm³/mol. The fourth-order valence-electron chi connectivity index (χ4n) is 3.48. The van der Waals surface area contributed by atoms with E-state index in [1.807, 2.05) is 37.0 Å². The first-order valence-electron chi connectivity index (χ1n) is 10.3. The topological polar surface area (TPSA) is 84.0 Å². The number of guanidine groups is 1. The van der Waals surface area contributed by atoms with Gasteiger partial charge in [-0.05, 0) is 52.9 Å². The van der Waals surface area contributed by atoms with Crippen molar-refractivity contribution in [3.05, 3.63) is 15.6 Å². The molecule has 1 aromatic rings. The van der Waals surface area contributed by atoms with Crippen LogP contribution in [0.15, 0.2) is 4.99 Å². The molecule has 0 atom stereocenters. The van der Waals surface area contributed by atoms with Crippen molar-refractivity contribution in [1.82, 2.24) is 14.8 Å². The Hall–Kier alpha value is -1.10. The van der Waals surface area contributed by atoms with Gasteiger partial charge in [0.25, 0.3) is 0 Å². The summed E-state index contributed by atoms with van der Waals surface area (Å²) < 4.78 is 5.43. The highest BCUT2D eigenvalue weighted by Crippen LogP contribution is 2.27. The van der Waals surface area contributed by atoms with Gasteiger partial charge >= 0.3 is 6.09 Å². The fourth-order valence-corrected chi connectivity index (χ4v) is 4.68. The van der Waals surface area contributed by atoms with Crippen LogP contribution in [0.1, 0.15) is 55.6 Å². The highest BCUT2D eigenvalue weighted by Gasteiger charge is 2.26. The summed E-state index contributed by atoms with van der Waals surface area (Å²) in [5.74, 6) is 0.572. The molecule has 7 nitrogen and oxygen atoms in total. The van der Waals surface area contributed by atoms with Crippen molar-refractivity contribution >= 4 is 47.4 Å². The molecule has 2 aliphatic rings. The molecule has 0 unspecified atom stereocenters. The van der Waals surface area contributed by atoms with Gasteiger partial charge in [-0.25, -0.2) is 9.78 Å². The summed E-state index contributed by atoms with van der Waals surface area (Å²) in [6.45, 7) is 8.95. The maximum Gasteiger partial charge on any atom is 0.410 e. The van der Waals surface area contributed by atoms with E-state index in [0.717, 1.165) is 19.3 Å². The van der Waals surface area contributed by atoms with Crippen LogP contribution in [0.2, 0.25) is 0 Å². The average molecular weight is 535 g/mol. The molecule has 2 N–H and O–H groups in total. The van der Waals surface area contributed by atoms with Crippen LogP contribution >= 0.6 is 35.3 Å². The van der Waals surface area contributed by atoms with E-state index in [-0.39, 0.29) is 30.1 Å². The number of thiazole rings is 1. The zero-order chi connectivity index (χ0) is 20.1. The van der Waals surface area contributed by atoms with Crippen molar-refractivity contribution in [2.75, 3.05) is 32.7 Å². The molecule has 3 rings (SSSR count). The number of hydrogen-bond acceptors (Lipinski definition) is 5. The molecule has 1 amide bonds. The molecule has 1 aliphatic heterocycles. The number of aryl methyl sites for hydroxylation is 3. The van der Waals surface area contributed by atoms with E-state index < -0.39 is 5.60 Å². The van der Waals surface area contributed by atoms with Crippen LogP contribution in [-0.4, -0.2) is 65.2 Å². The second-order valence-corrected chi connectivity index (χ2v) is 9.65. The quantitative estimate of drug-likeness (QED) is 0.277. The molecule has 0 saturated carbocycles. The lowest BCUT2D eigenvalue weighted by Crippen LogP contribution is -2.53. The van der Waals surface area contributed by atoms with E-state index in [0.29, 0.717) is 38.7 Å². The molecule has 29 heavy (non-hydrogen) atoms. The van der Waals surface area contributed by atoms with Crippen molar-refractivity contribution in [3.63, 3.8) is 0 Å². The normalized spacial score (nSPS) is 17.6. The van der Waals surface area contributed by atoms with Gasteiger partial charge in [0.2, 0.25) is 0 Å². The number of carbonyl (C=O) groups is 1. The van der Waals surface area contributed by atoms with Gasteiger partial charge < -0.3 is 20.3 Å². The molecule has 1 aliphatic carbocycles.